The van der Waals surface area contributed by atoms with Crippen molar-refractivity contribution in [3.63, 3.8) is 0 Å². The fourth-order valence-corrected chi connectivity index (χ4v) is 5.17. The van der Waals surface area contributed by atoms with Crippen molar-refractivity contribution < 1.29 is 17.2 Å². The van der Waals surface area contributed by atoms with E-state index in [4.69, 9.17) is 0 Å². The number of H-pyrrole nitrogens is 1. The van der Waals surface area contributed by atoms with Gasteiger partial charge in [0, 0.05) is 47.0 Å². The first kappa shape index (κ1) is 21.7. The van der Waals surface area contributed by atoms with Crippen molar-refractivity contribution in [2.24, 2.45) is 0 Å². The molecule has 0 saturated carbocycles. The van der Waals surface area contributed by atoms with Crippen molar-refractivity contribution in [3.05, 3.63) is 82.9 Å². The van der Waals surface area contributed by atoms with Gasteiger partial charge >= 0.3 is 0 Å². The van der Waals surface area contributed by atoms with Crippen LogP contribution in [0.4, 0.5) is 20.4 Å². The maximum absolute atomic E-state index is 14.2. The van der Waals surface area contributed by atoms with Gasteiger partial charge in [0.2, 0.25) is 15.8 Å². The molecular weight excluding hydrogens is 464 g/mol. The molecule has 34 heavy (non-hydrogen) atoms. The molecule has 0 aliphatic heterocycles. The Bertz CT molecular complexity index is 1750. The van der Waals surface area contributed by atoms with Gasteiger partial charge in [-0.15, -0.1) is 0 Å². The number of nitrogens with one attached hydrogen (secondary N) is 2. The van der Waals surface area contributed by atoms with E-state index >= 15 is 0 Å². The number of anilines is 2. The maximum atomic E-state index is 14.2. The highest BCUT2D eigenvalue weighted by molar-refractivity contribution is 7.91. The molecule has 0 bridgehead atoms. The van der Waals surface area contributed by atoms with Crippen LogP contribution in [0, 0.1) is 11.6 Å². The summed E-state index contributed by atoms with van der Waals surface area (Å²) in [6, 6.07) is 10.7. The summed E-state index contributed by atoms with van der Waals surface area (Å²) in [7, 11) is -4.56. The third-order valence-corrected chi connectivity index (χ3v) is 7.17. The SMILES string of the molecule is CCn1c(=O)c(S(=O)(=O)c2ccc(F)cc2F)cc2cnc(Nc3ccc4[nH]ccc4c3)nc21. The number of benzene rings is 2. The van der Waals surface area contributed by atoms with Crippen LogP contribution >= 0.6 is 0 Å². The van der Waals surface area contributed by atoms with Crippen LogP contribution in [0.25, 0.3) is 21.9 Å². The Labute approximate surface area is 191 Å². The lowest BCUT2D eigenvalue weighted by molar-refractivity contribution is 0.548. The molecule has 0 aliphatic rings. The van der Waals surface area contributed by atoms with Gasteiger partial charge in [0.05, 0.1) is 0 Å². The molecule has 0 saturated heterocycles. The zero-order valence-electron chi connectivity index (χ0n) is 17.7. The van der Waals surface area contributed by atoms with E-state index < -0.39 is 36.8 Å². The number of hydrogen-bond donors (Lipinski definition) is 2. The predicted octanol–water partition coefficient (Wildman–Crippen LogP) is 4.15. The Morgan fingerprint density at radius 3 is 2.62 bits per heavy atom. The summed E-state index contributed by atoms with van der Waals surface area (Å²) >= 11 is 0. The van der Waals surface area contributed by atoms with E-state index in [9.17, 15) is 22.0 Å². The summed E-state index contributed by atoms with van der Waals surface area (Å²) in [4.78, 5) is 23.4. The number of pyridine rings is 1. The van der Waals surface area contributed by atoms with Crippen LogP contribution in [0.5, 0.6) is 0 Å². The lowest BCUT2D eigenvalue weighted by Gasteiger charge is -2.13. The number of halogens is 2. The number of aryl methyl sites for hydroxylation is 1. The Morgan fingerprint density at radius 1 is 1.03 bits per heavy atom. The van der Waals surface area contributed by atoms with Gasteiger partial charge in [-0.25, -0.2) is 22.2 Å². The molecule has 0 unspecified atom stereocenters. The fraction of sp³-hybridized carbons (Fsp3) is 0.0870. The molecule has 5 aromatic rings. The number of sulfone groups is 1. The molecule has 0 fully saturated rings. The minimum absolute atomic E-state index is 0.107. The Balaban J connectivity index is 1.61. The van der Waals surface area contributed by atoms with Gasteiger partial charge in [0.25, 0.3) is 5.56 Å². The summed E-state index contributed by atoms with van der Waals surface area (Å²) in [6.45, 7) is 1.76. The van der Waals surface area contributed by atoms with Crippen LogP contribution in [0.3, 0.4) is 0 Å². The van der Waals surface area contributed by atoms with Gasteiger partial charge in [-0.2, -0.15) is 4.98 Å². The average Bonchev–Trinajstić information content (AvgIpc) is 3.26. The largest absolute Gasteiger partial charge is 0.361 e. The maximum Gasteiger partial charge on any atom is 0.271 e. The summed E-state index contributed by atoms with van der Waals surface area (Å²) < 4.78 is 54.8. The Hall–Kier alpha value is -4.12. The van der Waals surface area contributed by atoms with Crippen molar-refractivity contribution in [2.45, 2.75) is 23.3 Å². The minimum atomic E-state index is -4.56. The smallest absolute Gasteiger partial charge is 0.271 e. The molecular formula is C23H17F2N5O3S. The summed E-state index contributed by atoms with van der Waals surface area (Å²) in [6.07, 6.45) is 3.20. The van der Waals surface area contributed by atoms with E-state index in [-0.39, 0.29) is 23.5 Å². The summed E-state index contributed by atoms with van der Waals surface area (Å²) in [5.74, 6) is -1.99. The first-order chi connectivity index (χ1) is 16.3. The fourth-order valence-electron chi connectivity index (χ4n) is 3.75. The van der Waals surface area contributed by atoms with Crippen LogP contribution < -0.4 is 10.9 Å². The van der Waals surface area contributed by atoms with Gasteiger partial charge in [-0.05, 0) is 49.4 Å². The average molecular weight is 481 g/mol. The second-order valence-corrected chi connectivity index (χ2v) is 9.40. The van der Waals surface area contributed by atoms with E-state index in [0.717, 1.165) is 34.8 Å². The van der Waals surface area contributed by atoms with Crippen molar-refractivity contribution in [1.82, 2.24) is 19.5 Å². The highest BCUT2D eigenvalue weighted by atomic mass is 32.2. The van der Waals surface area contributed by atoms with Crippen LogP contribution in [-0.2, 0) is 16.4 Å². The first-order valence-corrected chi connectivity index (χ1v) is 11.7. The topological polar surface area (TPSA) is 110 Å². The van der Waals surface area contributed by atoms with E-state index in [1.54, 1.807) is 6.92 Å². The van der Waals surface area contributed by atoms with Gasteiger partial charge in [0.1, 0.15) is 27.1 Å². The van der Waals surface area contributed by atoms with E-state index in [2.05, 4.69) is 20.3 Å². The second-order valence-electron chi connectivity index (χ2n) is 7.51. The van der Waals surface area contributed by atoms with Crippen molar-refractivity contribution >= 4 is 43.4 Å². The van der Waals surface area contributed by atoms with Crippen molar-refractivity contribution in [3.8, 4) is 0 Å². The van der Waals surface area contributed by atoms with Gasteiger partial charge in [-0.3, -0.25) is 9.36 Å². The van der Waals surface area contributed by atoms with E-state index in [1.807, 2.05) is 30.5 Å². The lowest BCUT2D eigenvalue weighted by Crippen LogP contribution is -2.27. The standard InChI is InChI=1S/C23H17F2N5O3S/c1-2-30-21-14(10-20(22(30)31)34(32,33)19-6-3-15(24)11-17(19)25)12-27-23(29-21)28-16-4-5-18-13(9-16)7-8-26-18/h3-12,26H,2H2,1H3,(H,27,28,29). The third kappa shape index (κ3) is 3.59. The molecule has 2 aromatic carbocycles. The molecule has 0 aliphatic carbocycles. The van der Waals surface area contributed by atoms with Crippen LogP contribution in [0.1, 0.15) is 6.92 Å². The van der Waals surface area contributed by atoms with Crippen LogP contribution in [0.15, 0.2) is 75.5 Å². The van der Waals surface area contributed by atoms with Gasteiger partial charge < -0.3 is 10.3 Å². The number of nitrogens with zero attached hydrogens (tertiary/aromatic N) is 3. The lowest BCUT2D eigenvalue weighted by atomic mass is 10.2. The van der Waals surface area contributed by atoms with Crippen LogP contribution in [-0.4, -0.2) is 27.9 Å². The number of rotatable bonds is 5. The molecule has 0 atom stereocenters. The van der Waals surface area contributed by atoms with Gasteiger partial charge in [0.15, 0.2) is 0 Å². The molecule has 11 heteroatoms. The zero-order valence-corrected chi connectivity index (χ0v) is 18.5. The van der Waals surface area contributed by atoms with Crippen molar-refractivity contribution in [1.29, 1.82) is 0 Å². The van der Waals surface area contributed by atoms with Crippen molar-refractivity contribution in [2.75, 3.05) is 5.32 Å². The van der Waals surface area contributed by atoms with E-state index in [0.29, 0.717) is 6.07 Å². The summed E-state index contributed by atoms with van der Waals surface area (Å²) in [5.41, 5.74) is 1.04. The quantitative estimate of drug-likeness (QED) is 0.365. The number of aromatic nitrogens is 4. The highest BCUT2D eigenvalue weighted by Crippen LogP contribution is 2.25. The molecule has 0 amide bonds. The predicted molar refractivity (Wildman–Crippen MR) is 123 cm³/mol. The molecule has 3 heterocycles. The first-order valence-electron chi connectivity index (χ1n) is 10.2. The molecule has 3 aromatic heterocycles. The van der Waals surface area contributed by atoms with E-state index in [1.165, 1.54) is 10.8 Å². The molecule has 172 valence electrons. The third-order valence-electron chi connectivity index (χ3n) is 5.39. The zero-order chi connectivity index (χ0) is 24.0. The second kappa shape index (κ2) is 8.03. The molecule has 0 spiro atoms. The molecule has 8 nitrogen and oxygen atoms in total. The highest BCUT2D eigenvalue weighted by Gasteiger charge is 2.27. The number of hydrogen-bond acceptors (Lipinski definition) is 6. The molecule has 2 N–H and O–H groups in total. The number of aromatic amines is 1. The monoisotopic (exact) mass is 481 g/mol. The normalized spacial score (nSPS) is 11.9. The van der Waals surface area contributed by atoms with Gasteiger partial charge in [-0.1, -0.05) is 0 Å². The minimum Gasteiger partial charge on any atom is -0.361 e. The Morgan fingerprint density at radius 2 is 1.85 bits per heavy atom. The molecule has 5 rings (SSSR count). The molecule has 0 radical (unpaired) electrons. The Kier molecular flexibility index (Phi) is 5.13. The van der Waals surface area contributed by atoms with Crippen LogP contribution in [0.2, 0.25) is 0 Å². The number of fused-ring (bicyclic) bond motifs is 2. The summed E-state index contributed by atoms with van der Waals surface area (Å²) in [5, 5.41) is 4.34.